The highest BCUT2D eigenvalue weighted by atomic mass is 16.4. The van der Waals surface area contributed by atoms with Gasteiger partial charge in [0.05, 0.1) is 12.4 Å². The van der Waals surface area contributed by atoms with E-state index >= 15 is 0 Å². The van der Waals surface area contributed by atoms with E-state index in [1.54, 1.807) is 40.4 Å². The fourth-order valence-electron chi connectivity index (χ4n) is 2.30. The van der Waals surface area contributed by atoms with Crippen LogP contribution >= 0.6 is 0 Å². The van der Waals surface area contributed by atoms with E-state index in [0.717, 1.165) is 6.42 Å². The molecule has 0 amide bonds. The lowest BCUT2D eigenvalue weighted by Crippen LogP contribution is -2.36. The summed E-state index contributed by atoms with van der Waals surface area (Å²) in [6, 6.07) is 1.28. The van der Waals surface area contributed by atoms with E-state index in [0.29, 0.717) is 24.6 Å². The second-order valence-electron chi connectivity index (χ2n) is 4.38. The highest BCUT2D eigenvalue weighted by Gasteiger charge is 2.31. The van der Waals surface area contributed by atoms with Crippen LogP contribution in [0.4, 0.5) is 5.82 Å². The van der Waals surface area contributed by atoms with Crippen LogP contribution in [0.25, 0.3) is 5.82 Å². The Morgan fingerprint density at radius 2 is 2.21 bits per heavy atom. The van der Waals surface area contributed by atoms with Gasteiger partial charge in [-0.3, -0.25) is 4.98 Å². The summed E-state index contributed by atoms with van der Waals surface area (Å²) >= 11 is 0. The predicted octanol–water partition coefficient (Wildman–Crippen LogP) is 0.716. The molecule has 1 atom stereocenters. The number of rotatable bonds is 3. The van der Waals surface area contributed by atoms with E-state index in [-0.39, 0.29) is 0 Å². The Kier molecular flexibility index (Phi) is 2.86. The number of carboxylic acids is 1. The first-order valence-electron chi connectivity index (χ1n) is 6.07. The average Bonchev–Trinajstić information content (AvgIpc) is 3.10. The normalized spacial score (nSPS) is 18.7. The van der Waals surface area contributed by atoms with E-state index in [1.807, 2.05) is 0 Å². The number of nitrogens with zero attached hydrogens (tertiary/aromatic N) is 5. The molecule has 0 aliphatic carbocycles. The van der Waals surface area contributed by atoms with E-state index in [4.69, 9.17) is 0 Å². The first-order valence-corrected chi connectivity index (χ1v) is 6.07. The molecule has 0 unspecified atom stereocenters. The zero-order valence-electron chi connectivity index (χ0n) is 10.2. The third-order valence-electron chi connectivity index (χ3n) is 3.18. The molecule has 0 radical (unpaired) electrons. The summed E-state index contributed by atoms with van der Waals surface area (Å²) in [5.41, 5.74) is 0. The Morgan fingerprint density at radius 1 is 1.37 bits per heavy atom. The smallest absolute Gasteiger partial charge is 0.326 e. The molecule has 1 fully saturated rings. The first kappa shape index (κ1) is 11.6. The van der Waals surface area contributed by atoms with Crippen molar-refractivity contribution in [1.29, 1.82) is 0 Å². The van der Waals surface area contributed by atoms with Gasteiger partial charge in [0, 0.05) is 18.9 Å². The minimum absolute atomic E-state index is 0.512. The molecule has 0 saturated carbocycles. The van der Waals surface area contributed by atoms with Crippen molar-refractivity contribution in [2.45, 2.75) is 18.9 Å². The molecule has 0 bridgehead atoms. The largest absolute Gasteiger partial charge is 0.480 e. The van der Waals surface area contributed by atoms with Crippen LogP contribution in [0, 0.1) is 0 Å². The second-order valence-corrected chi connectivity index (χ2v) is 4.38. The topological polar surface area (TPSA) is 84.1 Å². The molecule has 2 aromatic rings. The molecule has 3 heterocycles. The molecule has 3 rings (SSSR count). The van der Waals surface area contributed by atoms with Crippen LogP contribution in [0.1, 0.15) is 12.8 Å². The Balaban J connectivity index is 1.93. The third kappa shape index (κ3) is 2.14. The molecule has 1 saturated heterocycles. The van der Waals surface area contributed by atoms with Crippen LogP contribution < -0.4 is 4.90 Å². The molecule has 1 N–H and O–H groups in total. The number of carbonyl (C=O) groups is 1. The van der Waals surface area contributed by atoms with Gasteiger partial charge >= 0.3 is 5.97 Å². The standard InChI is InChI=1S/C12H13N5O2/c18-12(19)9-3-1-5-16(9)10-7-13-8-11(15-10)17-6-2-4-14-17/h2,4,6-9H,1,3,5H2,(H,18,19)/t9-/m0/s1. The first-order chi connectivity index (χ1) is 9.25. The summed E-state index contributed by atoms with van der Waals surface area (Å²) in [6.07, 6.45) is 8.11. The van der Waals surface area contributed by atoms with Gasteiger partial charge in [0.2, 0.25) is 0 Å². The molecule has 98 valence electrons. The van der Waals surface area contributed by atoms with Crippen molar-refractivity contribution in [1.82, 2.24) is 19.7 Å². The zero-order chi connectivity index (χ0) is 13.2. The summed E-state index contributed by atoms with van der Waals surface area (Å²) < 4.78 is 1.60. The van der Waals surface area contributed by atoms with Gasteiger partial charge in [-0.1, -0.05) is 0 Å². The molecule has 19 heavy (non-hydrogen) atoms. The summed E-state index contributed by atoms with van der Waals surface area (Å²) in [4.78, 5) is 21.5. The molecule has 2 aromatic heterocycles. The zero-order valence-corrected chi connectivity index (χ0v) is 10.2. The number of anilines is 1. The monoisotopic (exact) mass is 259 g/mol. The Bertz CT molecular complexity index is 584. The maximum Gasteiger partial charge on any atom is 0.326 e. The summed E-state index contributed by atoms with van der Waals surface area (Å²) in [6.45, 7) is 0.689. The minimum Gasteiger partial charge on any atom is -0.480 e. The maximum absolute atomic E-state index is 11.2. The fraction of sp³-hybridized carbons (Fsp3) is 0.333. The van der Waals surface area contributed by atoms with Gasteiger partial charge in [0.25, 0.3) is 0 Å². The van der Waals surface area contributed by atoms with Crippen molar-refractivity contribution in [3.8, 4) is 5.82 Å². The number of aromatic nitrogens is 4. The Hall–Kier alpha value is -2.44. The fourth-order valence-corrected chi connectivity index (χ4v) is 2.30. The van der Waals surface area contributed by atoms with Gasteiger partial charge in [0.1, 0.15) is 11.9 Å². The van der Waals surface area contributed by atoms with Crippen molar-refractivity contribution in [3.05, 3.63) is 30.9 Å². The van der Waals surface area contributed by atoms with Gasteiger partial charge in [-0.15, -0.1) is 0 Å². The van der Waals surface area contributed by atoms with Gasteiger partial charge < -0.3 is 10.0 Å². The van der Waals surface area contributed by atoms with Crippen LogP contribution in [-0.2, 0) is 4.79 Å². The molecule has 1 aliphatic rings. The average molecular weight is 259 g/mol. The van der Waals surface area contributed by atoms with Crippen molar-refractivity contribution in [2.75, 3.05) is 11.4 Å². The molecule has 1 aliphatic heterocycles. The van der Waals surface area contributed by atoms with Gasteiger partial charge in [-0.25, -0.2) is 14.5 Å². The molecule has 7 nitrogen and oxygen atoms in total. The second kappa shape index (κ2) is 4.68. The maximum atomic E-state index is 11.2. The third-order valence-corrected chi connectivity index (χ3v) is 3.18. The SMILES string of the molecule is O=C(O)[C@@H]1CCCN1c1cncc(-n2cccn2)n1. The van der Waals surface area contributed by atoms with Crippen LogP contribution in [0.5, 0.6) is 0 Å². The number of aliphatic carboxylic acids is 1. The minimum atomic E-state index is -0.816. The van der Waals surface area contributed by atoms with Crippen molar-refractivity contribution < 1.29 is 9.90 Å². The summed E-state index contributed by atoms with van der Waals surface area (Å²) in [5.74, 6) is 0.347. The molecular formula is C12H13N5O2. The van der Waals surface area contributed by atoms with Crippen molar-refractivity contribution >= 4 is 11.8 Å². The molecule has 0 spiro atoms. The lowest BCUT2D eigenvalue weighted by atomic mass is 10.2. The summed E-state index contributed by atoms with van der Waals surface area (Å²) in [7, 11) is 0. The number of hydrogen-bond donors (Lipinski definition) is 1. The summed E-state index contributed by atoms with van der Waals surface area (Å²) in [5, 5.41) is 13.3. The van der Waals surface area contributed by atoms with Crippen molar-refractivity contribution in [2.24, 2.45) is 0 Å². The lowest BCUT2D eigenvalue weighted by molar-refractivity contribution is -0.138. The molecule has 7 heteroatoms. The van der Waals surface area contributed by atoms with E-state index < -0.39 is 12.0 Å². The highest BCUT2D eigenvalue weighted by Crippen LogP contribution is 2.23. The van der Waals surface area contributed by atoms with Gasteiger partial charge in [-0.2, -0.15) is 5.10 Å². The lowest BCUT2D eigenvalue weighted by Gasteiger charge is -2.22. The number of carboxylic acid groups (broad SMARTS) is 1. The van der Waals surface area contributed by atoms with Crippen LogP contribution in [-0.4, -0.2) is 43.4 Å². The van der Waals surface area contributed by atoms with Crippen LogP contribution in [0.3, 0.4) is 0 Å². The van der Waals surface area contributed by atoms with Gasteiger partial charge in [-0.05, 0) is 18.9 Å². The van der Waals surface area contributed by atoms with Crippen LogP contribution in [0.15, 0.2) is 30.9 Å². The molecular weight excluding hydrogens is 246 g/mol. The van der Waals surface area contributed by atoms with Crippen LogP contribution in [0.2, 0.25) is 0 Å². The highest BCUT2D eigenvalue weighted by molar-refractivity contribution is 5.78. The van der Waals surface area contributed by atoms with Gasteiger partial charge in [0.15, 0.2) is 5.82 Å². The van der Waals surface area contributed by atoms with Crippen molar-refractivity contribution in [3.63, 3.8) is 0 Å². The van der Waals surface area contributed by atoms with E-state index in [1.165, 1.54) is 0 Å². The Morgan fingerprint density at radius 3 is 2.95 bits per heavy atom. The Labute approximate surface area is 109 Å². The molecule has 0 aromatic carbocycles. The predicted molar refractivity (Wildman–Crippen MR) is 67.2 cm³/mol. The van der Waals surface area contributed by atoms with E-state index in [9.17, 15) is 9.90 Å². The number of hydrogen-bond acceptors (Lipinski definition) is 5. The van der Waals surface area contributed by atoms with E-state index in [2.05, 4.69) is 15.1 Å². The quantitative estimate of drug-likeness (QED) is 0.874.